The highest BCUT2D eigenvalue weighted by Crippen LogP contribution is 2.24. The Labute approximate surface area is 359 Å². The zero-order chi connectivity index (χ0) is 42.0. The summed E-state index contributed by atoms with van der Waals surface area (Å²) in [6.45, 7) is 18.3. The molecule has 3 saturated heterocycles. The lowest BCUT2D eigenvalue weighted by molar-refractivity contribution is -0.141. The van der Waals surface area contributed by atoms with E-state index in [1.54, 1.807) is 21.6 Å². The third-order valence-electron chi connectivity index (χ3n) is 8.68. The maximum absolute atomic E-state index is 11.9. The zero-order valence-corrected chi connectivity index (χ0v) is 38.4. The van der Waals surface area contributed by atoms with Gasteiger partial charge in [0.25, 0.3) is 0 Å². The lowest BCUT2D eigenvalue weighted by atomic mass is 10.3. The molecule has 2 amide bonds. The van der Waals surface area contributed by atoms with Gasteiger partial charge >= 0.3 is 11.9 Å². The van der Waals surface area contributed by atoms with Gasteiger partial charge in [-0.05, 0) is 25.7 Å². The predicted molar refractivity (Wildman–Crippen MR) is 242 cm³/mol. The van der Waals surface area contributed by atoms with Gasteiger partial charge in [0.15, 0.2) is 0 Å². The highest BCUT2D eigenvalue weighted by molar-refractivity contribution is 8.77. The molecule has 20 heteroatoms. The van der Waals surface area contributed by atoms with Crippen molar-refractivity contribution in [2.75, 3.05) is 162 Å². The van der Waals surface area contributed by atoms with Gasteiger partial charge in [-0.25, -0.2) is 0 Å². The molecule has 3 fully saturated rings. The summed E-state index contributed by atoms with van der Waals surface area (Å²) in [4.78, 5) is 52.4. The third kappa shape index (κ3) is 37.7. The normalized spacial score (nSPS) is 16.0. The van der Waals surface area contributed by atoms with Crippen molar-refractivity contribution in [3.05, 3.63) is 0 Å². The summed E-state index contributed by atoms with van der Waals surface area (Å²) in [6.07, 6.45) is 5.64. The Bertz CT molecular complexity index is 902. The molecule has 0 radical (unpaired) electrons. The van der Waals surface area contributed by atoms with Crippen molar-refractivity contribution in [3.63, 3.8) is 0 Å². The van der Waals surface area contributed by atoms with Crippen molar-refractivity contribution in [3.8, 4) is 0 Å². The predicted octanol–water partition coefficient (Wildman–Crippen LogP) is 0.704. The van der Waals surface area contributed by atoms with Gasteiger partial charge in [-0.15, -0.1) is 0 Å². The minimum atomic E-state index is -0.156. The van der Waals surface area contributed by atoms with E-state index >= 15 is 0 Å². The van der Waals surface area contributed by atoms with E-state index < -0.39 is 0 Å². The van der Waals surface area contributed by atoms with Crippen LogP contribution < -0.4 is 32.3 Å². The first-order chi connectivity index (χ1) is 27.9. The maximum atomic E-state index is 11.9. The number of rotatable bonds is 26. The van der Waals surface area contributed by atoms with E-state index in [1.807, 2.05) is 21.6 Å². The number of nitrogens with one attached hydrogen (secondary N) is 5. The largest absolute Gasteiger partial charge is 0.469 e. The number of hydrogen-bond acceptors (Lipinski definition) is 18. The van der Waals surface area contributed by atoms with Gasteiger partial charge in [0, 0.05) is 174 Å². The molecule has 57 heavy (non-hydrogen) atoms. The van der Waals surface area contributed by atoms with Gasteiger partial charge in [0.05, 0.1) is 14.2 Å². The van der Waals surface area contributed by atoms with Gasteiger partial charge in [-0.1, -0.05) is 43.2 Å². The van der Waals surface area contributed by atoms with E-state index in [4.69, 9.17) is 10.8 Å². The van der Waals surface area contributed by atoms with Gasteiger partial charge in [-0.3, -0.25) is 33.9 Å². The number of nitrogens with two attached hydrogens (primary N) is 1. The van der Waals surface area contributed by atoms with Crippen molar-refractivity contribution in [1.29, 1.82) is 0 Å². The number of carbonyl (C=O) groups is 4. The van der Waals surface area contributed by atoms with E-state index in [0.29, 0.717) is 25.7 Å². The number of nitrogens with zero attached hydrogens (tertiary/aromatic N) is 3. The molecule has 0 aromatic heterocycles. The number of esters is 2. The Morgan fingerprint density at radius 2 is 0.842 bits per heavy atom. The van der Waals surface area contributed by atoms with E-state index in [-0.39, 0.29) is 23.8 Å². The van der Waals surface area contributed by atoms with Crippen LogP contribution in [0.15, 0.2) is 0 Å². The van der Waals surface area contributed by atoms with Crippen LogP contribution in [0.5, 0.6) is 0 Å². The first-order valence-electron chi connectivity index (χ1n) is 20.5. The zero-order valence-electron chi connectivity index (χ0n) is 35.2. The summed E-state index contributed by atoms with van der Waals surface area (Å²) < 4.78 is 9.06. The number of aliphatic hydroxyl groups is 1. The lowest BCUT2D eigenvalue weighted by Gasteiger charge is -2.27. The Morgan fingerprint density at radius 3 is 1.14 bits per heavy atom. The van der Waals surface area contributed by atoms with E-state index in [1.165, 1.54) is 14.2 Å². The van der Waals surface area contributed by atoms with Crippen molar-refractivity contribution in [2.45, 2.75) is 51.4 Å². The second-order valence-electron chi connectivity index (χ2n) is 13.1. The molecule has 3 aliphatic heterocycles. The molecule has 16 nitrogen and oxygen atoms in total. The maximum Gasteiger partial charge on any atom is 0.305 e. The lowest BCUT2D eigenvalue weighted by Crippen LogP contribution is -2.46. The van der Waals surface area contributed by atoms with Crippen LogP contribution in [-0.2, 0) is 28.7 Å². The fourth-order valence-corrected chi connectivity index (χ4v) is 9.79. The molecule has 0 aromatic carbocycles. The number of piperazine rings is 3. The molecule has 0 aliphatic carbocycles. The first kappa shape index (κ1) is 56.0. The Hall–Kier alpha value is -1.04. The molecule has 3 aliphatic rings. The number of ether oxygens (including phenoxy) is 2. The smallest absolute Gasteiger partial charge is 0.305 e. The summed E-state index contributed by atoms with van der Waals surface area (Å²) >= 11 is 0. The fourth-order valence-electron chi connectivity index (χ4n) is 5.44. The number of methoxy groups -OCH3 is 2. The van der Waals surface area contributed by atoms with Gasteiger partial charge in [0.1, 0.15) is 0 Å². The number of amides is 2. The van der Waals surface area contributed by atoms with Gasteiger partial charge < -0.3 is 46.9 Å². The molecule has 3 rings (SSSR count). The van der Waals surface area contributed by atoms with Crippen LogP contribution in [0.2, 0.25) is 0 Å². The summed E-state index contributed by atoms with van der Waals surface area (Å²) in [5.74, 6) is 3.82. The molecule has 8 N–H and O–H groups in total. The molecule has 0 saturated carbocycles. The third-order valence-corrected chi connectivity index (χ3v) is 13.8. The Balaban J connectivity index is 0.000000963. The summed E-state index contributed by atoms with van der Waals surface area (Å²) in [7, 11) is 10.9. The Morgan fingerprint density at radius 1 is 0.544 bits per heavy atom. The monoisotopic (exact) mass is 887 g/mol. The molecule has 0 atom stereocenters. The second-order valence-corrected chi connectivity index (χ2v) is 18.5. The summed E-state index contributed by atoms with van der Waals surface area (Å²) in [6, 6.07) is 0. The summed E-state index contributed by atoms with van der Waals surface area (Å²) in [5, 5.41) is 23.0. The number of carbonyl (C=O) groups excluding carboxylic acids is 4. The molecule has 0 spiro atoms. The van der Waals surface area contributed by atoms with E-state index in [0.717, 1.165) is 174 Å². The molecule has 0 bridgehead atoms. The molecule has 0 aromatic rings. The van der Waals surface area contributed by atoms with Crippen LogP contribution in [0, 0.1) is 0 Å². The number of hydrogen-bond donors (Lipinski definition) is 7. The van der Waals surface area contributed by atoms with Crippen molar-refractivity contribution < 1.29 is 33.8 Å². The minimum Gasteiger partial charge on any atom is -0.469 e. The average molecular weight is 888 g/mol. The van der Waals surface area contributed by atoms with Crippen molar-refractivity contribution >= 4 is 66.9 Å². The fraction of sp³-hybridized carbons (Fsp3) is 0.892. The van der Waals surface area contributed by atoms with Crippen LogP contribution in [-0.4, -0.2) is 206 Å². The first-order valence-corrected chi connectivity index (χ1v) is 25.4. The van der Waals surface area contributed by atoms with Crippen LogP contribution >= 0.6 is 43.2 Å². The molecular weight excluding hydrogens is 811 g/mol. The highest BCUT2D eigenvalue weighted by Gasteiger charge is 2.11. The minimum absolute atomic E-state index is 0.156. The molecular formula is C37H77N9O7S4. The topological polar surface area (TPSA) is 203 Å². The summed E-state index contributed by atoms with van der Waals surface area (Å²) in [5.41, 5.74) is 5.40. The van der Waals surface area contributed by atoms with Crippen LogP contribution in [0.1, 0.15) is 51.4 Å². The highest BCUT2D eigenvalue weighted by atomic mass is 33.1. The molecule has 0 unspecified atom stereocenters. The quantitative estimate of drug-likeness (QED) is 0.0363. The van der Waals surface area contributed by atoms with Crippen LogP contribution in [0.25, 0.3) is 0 Å². The van der Waals surface area contributed by atoms with E-state index in [9.17, 15) is 19.2 Å². The Kier molecular flexibility index (Phi) is 42.3. The van der Waals surface area contributed by atoms with E-state index in [2.05, 4.69) is 50.8 Å². The standard InChI is InChI=1S/C20H40N6O2S2.C10H18O4S2.C6H15N3.CH4O/c27-19(23-9-15-25-11-5-21-6-12-25)3-1-17-29-30-18-2-4-20(28)24-10-16-26-13-7-22-8-14-26;1-13-9(11)5-3-7-15-16-8-4-6-10(12)14-2;7-1-4-9-5-2-8-3-6-9;1-2/h21-22H,1-18H2,(H,23,27)(H,24,28);3-8H2,1-2H3;8H,1-7H2;2H,1H3. The van der Waals surface area contributed by atoms with Gasteiger partial charge in [-0.2, -0.15) is 0 Å². The van der Waals surface area contributed by atoms with Crippen LogP contribution in [0.3, 0.4) is 0 Å². The van der Waals surface area contributed by atoms with Crippen molar-refractivity contribution in [2.24, 2.45) is 5.73 Å². The molecule has 336 valence electrons. The molecule has 3 heterocycles. The van der Waals surface area contributed by atoms with Crippen molar-refractivity contribution in [1.82, 2.24) is 41.3 Å². The number of aliphatic hydroxyl groups excluding tert-OH is 1. The van der Waals surface area contributed by atoms with Gasteiger partial charge in [0.2, 0.25) is 11.8 Å². The van der Waals surface area contributed by atoms with Crippen LogP contribution in [0.4, 0.5) is 0 Å². The SMILES string of the molecule is CO.COC(=O)CCCSSCCCC(=O)OC.NCCN1CCNCC1.O=C(CCCSSCCCC(=O)NCCN1CCNCC1)NCCN1CCNCC1. The second kappa shape index (κ2) is 43.1. The average Bonchev–Trinajstić information content (AvgIpc) is 3.25.